The second-order valence-corrected chi connectivity index (χ2v) is 5.65. The number of hydrogen-bond donors (Lipinski definition) is 3. The predicted octanol–water partition coefficient (Wildman–Crippen LogP) is 2.06. The summed E-state index contributed by atoms with van der Waals surface area (Å²) in [6.07, 6.45) is -0.597. The van der Waals surface area contributed by atoms with Gasteiger partial charge in [0.05, 0.1) is 0 Å². The maximum atomic E-state index is 11.3. The maximum Gasteiger partial charge on any atom is 0.248 e. The fourth-order valence-corrected chi connectivity index (χ4v) is 2.45. The Morgan fingerprint density at radius 1 is 1.08 bits per heavy atom. The van der Waals surface area contributed by atoms with Gasteiger partial charge in [0.25, 0.3) is 0 Å². The molecule has 1 aromatic heterocycles. The van der Waals surface area contributed by atoms with Crippen molar-refractivity contribution in [1.82, 2.24) is 10.3 Å². The molecule has 0 spiro atoms. The highest BCUT2D eigenvalue weighted by Crippen LogP contribution is 2.18. The third-order valence-electron chi connectivity index (χ3n) is 3.69. The van der Waals surface area contributed by atoms with Crippen LogP contribution in [0.5, 0.6) is 5.75 Å². The first-order chi connectivity index (χ1) is 11.7. The van der Waals surface area contributed by atoms with Crippen LogP contribution in [0.2, 0.25) is 0 Å². The third kappa shape index (κ3) is 4.44. The Hall–Kier alpha value is -2.63. The number of benzene rings is 2. The van der Waals surface area contributed by atoms with Crippen LogP contribution in [0.1, 0.15) is 5.56 Å². The van der Waals surface area contributed by atoms with Gasteiger partial charge < -0.3 is 20.1 Å². The van der Waals surface area contributed by atoms with E-state index in [0.29, 0.717) is 18.8 Å². The Balaban J connectivity index is 1.48. The fourth-order valence-electron chi connectivity index (χ4n) is 2.45. The lowest BCUT2D eigenvalue weighted by molar-refractivity contribution is 0.106. The van der Waals surface area contributed by atoms with Gasteiger partial charge in [0.1, 0.15) is 18.5 Å². The van der Waals surface area contributed by atoms with E-state index in [1.807, 2.05) is 36.4 Å². The van der Waals surface area contributed by atoms with Gasteiger partial charge in [-0.15, -0.1) is 0 Å². The molecule has 5 heteroatoms. The second kappa shape index (κ2) is 7.77. The minimum Gasteiger partial charge on any atom is -0.491 e. The number of H-pyrrole nitrogens is 1. The van der Waals surface area contributed by atoms with Gasteiger partial charge in [-0.1, -0.05) is 30.3 Å². The van der Waals surface area contributed by atoms with Crippen LogP contribution in [0.25, 0.3) is 10.9 Å². The molecule has 124 valence electrons. The van der Waals surface area contributed by atoms with Crippen LogP contribution in [-0.4, -0.2) is 29.3 Å². The molecular weight excluding hydrogens is 304 g/mol. The molecule has 0 radical (unpaired) electrons. The van der Waals surface area contributed by atoms with E-state index in [0.717, 1.165) is 10.9 Å². The smallest absolute Gasteiger partial charge is 0.248 e. The first-order valence-corrected chi connectivity index (χ1v) is 7.89. The molecule has 3 aromatic rings. The first kappa shape index (κ1) is 16.2. The SMILES string of the molecule is O=c1ccc2cc(OCC(O)CNCc3ccccc3)ccc2[nH]1. The Labute approximate surface area is 139 Å². The van der Waals surface area contributed by atoms with Crippen LogP contribution >= 0.6 is 0 Å². The van der Waals surface area contributed by atoms with Crippen molar-refractivity contribution < 1.29 is 9.84 Å². The van der Waals surface area contributed by atoms with E-state index in [-0.39, 0.29) is 12.2 Å². The molecule has 0 aliphatic heterocycles. The standard InChI is InChI=1S/C19H20N2O3/c22-16(12-20-11-14-4-2-1-3-5-14)13-24-17-7-8-18-15(10-17)6-9-19(23)21-18/h1-10,16,20,22H,11-13H2,(H,21,23). The molecule has 0 bridgehead atoms. The number of aliphatic hydroxyl groups excluding tert-OH is 1. The zero-order valence-electron chi connectivity index (χ0n) is 13.2. The number of aliphatic hydroxyl groups is 1. The molecule has 0 fully saturated rings. The van der Waals surface area contributed by atoms with Gasteiger partial charge in [-0.2, -0.15) is 0 Å². The summed E-state index contributed by atoms with van der Waals surface area (Å²) in [4.78, 5) is 14.0. The Morgan fingerprint density at radius 3 is 2.75 bits per heavy atom. The number of fused-ring (bicyclic) bond motifs is 1. The van der Waals surface area contributed by atoms with Gasteiger partial charge in [0.15, 0.2) is 0 Å². The quantitative estimate of drug-likeness (QED) is 0.622. The first-order valence-electron chi connectivity index (χ1n) is 7.89. The molecule has 0 aliphatic carbocycles. The number of rotatable bonds is 7. The van der Waals surface area contributed by atoms with Gasteiger partial charge in [0.2, 0.25) is 5.56 Å². The van der Waals surface area contributed by atoms with Gasteiger partial charge >= 0.3 is 0 Å². The van der Waals surface area contributed by atoms with Crippen molar-refractivity contribution in [3.63, 3.8) is 0 Å². The lowest BCUT2D eigenvalue weighted by Crippen LogP contribution is -2.31. The summed E-state index contributed by atoms with van der Waals surface area (Å²) < 4.78 is 5.63. The van der Waals surface area contributed by atoms with Gasteiger partial charge in [-0.3, -0.25) is 4.79 Å². The Bertz CT molecular complexity index is 846. The van der Waals surface area contributed by atoms with Crippen molar-refractivity contribution in [3.05, 3.63) is 76.6 Å². The van der Waals surface area contributed by atoms with Crippen molar-refractivity contribution >= 4 is 10.9 Å². The number of pyridine rings is 1. The molecule has 1 unspecified atom stereocenters. The van der Waals surface area contributed by atoms with E-state index in [9.17, 15) is 9.90 Å². The molecule has 24 heavy (non-hydrogen) atoms. The molecular formula is C19H20N2O3. The Morgan fingerprint density at radius 2 is 1.92 bits per heavy atom. The van der Waals surface area contributed by atoms with Crippen LogP contribution in [0.15, 0.2) is 65.5 Å². The molecule has 0 saturated heterocycles. The van der Waals surface area contributed by atoms with Crippen molar-refractivity contribution in [2.45, 2.75) is 12.6 Å². The topological polar surface area (TPSA) is 74.3 Å². The summed E-state index contributed by atoms with van der Waals surface area (Å²) in [7, 11) is 0. The summed E-state index contributed by atoms with van der Waals surface area (Å²) in [5.74, 6) is 0.664. The monoisotopic (exact) mass is 324 g/mol. The van der Waals surface area contributed by atoms with E-state index in [2.05, 4.69) is 10.3 Å². The van der Waals surface area contributed by atoms with E-state index >= 15 is 0 Å². The average molecular weight is 324 g/mol. The van der Waals surface area contributed by atoms with Crippen molar-refractivity contribution in [1.29, 1.82) is 0 Å². The largest absolute Gasteiger partial charge is 0.491 e. The van der Waals surface area contributed by atoms with Gasteiger partial charge in [-0.05, 0) is 29.8 Å². The summed E-state index contributed by atoms with van der Waals surface area (Å²) in [5.41, 5.74) is 1.81. The summed E-state index contributed by atoms with van der Waals surface area (Å²) >= 11 is 0. The maximum absolute atomic E-state index is 11.3. The molecule has 5 nitrogen and oxygen atoms in total. The zero-order chi connectivity index (χ0) is 16.8. The van der Waals surface area contributed by atoms with Gasteiger partial charge in [0, 0.05) is 30.1 Å². The van der Waals surface area contributed by atoms with Crippen LogP contribution in [0.4, 0.5) is 0 Å². The molecule has 0 saturated carbocycles. The molecule has 1 atom stereocenters. The van der Waals surface area contributed by atoms with Crippen molar-refractivity contribution in [2.75, 3.05) is 13.2 Å². The highest BCUT2D eigenvalue weighted by Gasteiger charge is 2.06. The minimum atomic E-state index is -0.597. The lowest BCUT2D eigenvalue weighted by Gasteiger charge is -2.13. The minimum absolute atomic E-state index is 0.129. The molecule has 3 rings (SSSR count). The third-order valence-corrected chi connectivity index (χ3v) is 3.69. The predicted molar refractivity (Wildman–Crippen MR) is 94.2 cm³/mol. The number of aromatic nitrogens is 1. The Kier molecular flexibility index (Phi) is 5.25. The second-order valence-electron chi connectivity index (χ2n) is 5.65. The summed E-state index contributed by atoms with van der Waals surface area (Å²) in [6, 6.07) is 18.7. The molecule has 1 heterocycles. The molecule has 3 N–H and O–H groups in total. The molecule has 2 aromatic carbocycles. The highest BCUT2D eigenvalue weighted by molar-refractivity contribution is 5.79. The van der Waals surface area contributed by atoms with Gasteiger partial charge in [-0.25, -0.2) is 0 Å². The number of nitrogens with one attached hydrogen (secondary N) is 2. The van der Waals surface area contributed by atoms with Crippen molar-refractivity contribution in [2.24, 2.45) is 0 Å². The van der Waals surface area contributed by atoms with Crippen LogP contribution in [0.3, 0.4) is 0 Å². The van der Waals surface area contributed by atoms with E-state index in [4.69, 9.17) is 4.74 Å². The molecule has 0 amide bonds. The van der Waals surface area contributed by atoms with Crippen LogP contribution in [0, 0.1) is 0 Å². The fraction of sp³-hybridized carbons (Fsp3) is 0.211. The lowest BCUT2D eigenvalue weighted by atomic mass is 10.2. The van der Waals surface area contributed by atoms with Crippen LogP contribution in [-0.2, 0) is 6.54 Å². The summed E-state index contributed by atoms with van der Waals surface area (Å²) in [5, 5.41) is 14.1. The van der Waals surface area contributed by atoms with E-state index in [1.165, 1.54) is 11.6 Å². The number of ether oxygens (including phenoxy) is 1. The van der Waals surface area contributed by atoms with E-state index < -0.39 is 6.10 Å². The number of aromatic amines is 1. The van der Waals surface area contributed by atoms with Crippen molar-refractivity contribution in [3.8, 4) is 5.75 Å². The highest BCUT2D eigenvalue weighted by atomic mass is 16.5. The zero-order valence-corrected chi connectivity index (χ0v) is 13.2. The number of hydrogen-bond acceptors (Lipinski definition) is 4. The molecule has 0 aliphatic rings. The normalized spacial score (nSPS) is 12.2. The van der Waals surface area contributed by atoms with Crippen LogP contribution < -0.4 is 15.6 Å². The summed E-state index contributed by atoms with van der Waals surface area (Å²) in [6.45, 7) is 1.37. The van der Waals surface area contributed by atoms with E-state index in [1.54, 1.807) is 18.2 Å². The average Bonchev–Trinajstić information content (AvgIpc) is 2.61.